The van der Waals surface area contributed by atoms with Crippen LogP contribution in [-0.4, -0.2) is 52.4 Å². The number of aromatic amines is 1. The molecule has 144 valence electrons. The van der Waals surface area contributed by atoms with Crippen LogP contribution in [-0.2, 0) is 26.9 Å². The predicted molar refractivity (Wildman–Crippen MR) is 106 cm³/mol. The normalized spacial score (nSPS) is 16.2. The van der Waals surface area contributed by atoms with Gasteiger partial charge in [-0.05, 0) is 12.1 Å². The molecular formula is C18H20N8OS. The number of rotatable bonds is 5. The van der Waals surface area contributed by atoms with Crippen molar-refractivity contribution in [2.45, 2.75) is 19.1 Å². The van der Waals surface area contributed by atoms with Crippen molar-refractivity contribution in [3.63, 3.8) is 0 Å². The van der Waals surface area contributed by atoms with Crippen molar-refractivity contribution in [3.8, 4) is 0 Å². The van der Waals surface area contributed by atoms with Gasteiger partial charge in [-0.1, -0.05) is 0 Å². The number of hydrazone groups is 1. The average Bonchev–Trinajstić information content (AvgIpc) is 3.44. The maximum atomic E-state index is 10.9. The quantitative estimate of drug-likeness (QED) is 0.533. The number of hydrogen-bond donors (Lipinski definition) is 2. The molecule has 0 bridgehead atoms. The molecule has 1 aliphatic heterocycles. The third kappa shape index (κ3) is 2.81. The van der Waals surface area contributed by atoms with Crippen molar-refractivity contribution in [2.24, 2.45) is 19.2 Å². The molecule has 28 heavy (non-hydrogen) atoms. The molecule has 0 aliphatic carbocycles. The van der Waals surface area contributed by atoms with Crippen molar-refractivity contribution >= 4 is 27.9 Å². The second-order valence-electron chi connectivity index (χ2n) is 6.87. The molecule has 0 fully saturated rings. The highest BCUT2D eigenvalue weighted by Gasteiger charge is 2.30. The van der Waals surface area contributed by atoms with Gasteiger partial charge >= 0.3 is 0 Å². The molecule has 0 radical (unpaired) electrons. The van der Waals surface area contributed by atoms with Gasteiger partial charge in [0.15, 0.2) is 11.9 Å². The third-order valence-electron chi connectivity index (χ3n) is 4.97. The molecule has 4 aromatic rings. The largest absolute Gasteiger partial charge is 0.367 e. The van der Waals surface area contributed by atoms with Gasteiger partial charge in [-0.15, -0.1) is 11.3 Å². The van der Waals surface area contributed by atoms with Crippen molar-refractivity contribution in [3.05, 3.63) is 52.2 Å². The number of fused-ring (bicyclic) bond motifs is 3. The predicted octanol–water partition coefficient (Wildman–Crippen LogP) is 1.57. The van der Waals surface area contributed by atoms with Gasteiger partial charge in [-0.3, -0.25) is 14.8 Å². The Bertz CT molecular complexity index is 1150. The monoisotopic (exact) mass is 396 g/mol. The first-order chi connectivity index (χ1) is 13.6. The number of aliphatic hydroxyl groups is 1. The van der Waals surface area contributed by atoms with E-state index in [4.69, 9.17) is 4.98 Å². The van der Waals surface area contributed by atoms with Gasteiger partial charge in [0.1, 0.15) is 5.01 Å². The van der Waals surface area contributed by atoms with Crippen molar-refractivity contribution in [1.82, 2.24) is 34.5 Å². The lowest BCUT2D eigenvalue weighted by atomic mass is 10.2. The number of hydrogen-bond acceptors (Lipinski definition) is 7. The number of nitrogens with zero attached hydrogens (tertiary/aromatic N) is 7. The van der Waals surface area contributed by atoms with Crippen LogP contribution in [0.4, 0.5) is 0 Å². The van der Waals surface area contributed by atoms with Crippen LogP contribution in [0, 0.1) is 0 Å². The van der Waals surface area contributed by atoms with E-state index in [2.05, 4.69) is 20.4 Å². The van der Waals surface area contributed by atoms with Crippen LogP contribution in [0.1, 0.15) is 33.9 Å². The summed E-state index contributed by atoms with van der Waals surface area (Å²) in [6, 6.07) is 3.93. The van der Waals surface area contributed by atoms with E-state index in [0.717, 1.165) is 44.4 Å². The molecule has 0 amide bonds. The van der Waals surface area contributed by atoms with Crippen LogP contribution < -0.4 is 0 Å². The molecule has 1 atom stereocenters. The van der Waals surface area contributed by atoms with Crippen molar-refractivity contribution in [2.75, 3.05) is 6.54 Å². The Morgan fingerprint density at radius 3 is 2.89 bits per heavy atom. The number of aromatic nitrogens is 6. The summed E-state index contributed by atoms with van der Waals surface area (Å²) in [7, 11) is 3.84. The number of nitrogens with one attached hydrogen (secondary N) is 1. The number of aliphatic hydroxyl groups excluding tert-OH is 1. The van der Waals surface area contributed by atoms with E-state index in [-0.39, 0.29) is 0 Å². The fourth-order valence-electron chi connectivity index (χ4n) is 3.57. The van der Waals surface area contributed by atoms with Crippen molar-refractivity contribution < 1.29 is 5.11 Å². The van der Waals surface area contributed by atoms with E-state index in [0.29, 0.717) is 13.0 Å². The highest BCUT2D eigenvalue weighted by molar-refractivity contribution is 7.19. The van der Waals surface area contributed by atoms with Crippen LogP contribution in [0.15, 0.2) is 29.6 Å². The SMILES string of the molecule is Cn1ccc(CCN2N=Cc3c(n(C)c4nc(Cc5cc[nH]n5)sc34)C2O)n1. The summed E-state index contributed by atoms with van der Waals surface area (Å²) in [4.78, 5) is 4.77. The summed E-state index contributed by atoms with van der Waals surface area (Å²) in [5, 5.41) is 29.5. The Labute approximate surface area is 164 Å². The van der Waals surface area contributed by atoms with E-state index in [9.17, 15) is 5.11 Å². The first kappa shape index (κ1) is 17.1. The fourth-order valence-corrected chi connectivity index (χ4v) is 4.70. The van der Waals surface area contributed by atoms with Gasteiger partial charge in [-0.2, -0.15) is 15.3 Å². The zero-order chi connectivity index (χ0) is 19.3. The summed E-state index contributed by atoms with van der Waals surface area (Å²) in [5.41, 5.74) is 4.59. The summed E-state index contributed by atoms with van der Waals surface area (Å²) < 4.78 is 4.80. The molecule has 5 heterocycles. The van der Waals surface area contributed by atoms with Gasteiger partial charge < -0.3 is 9.67 Å². The molecule has 10 heteroatoms. The maximum absolute atomic E-state index is 10.9. The van der Waals surface area contributed by atoms with Crippen LogP contribution >= 0.6 is 11.3 Å². The molecule has 4 aromatic heterocycles. The van der Waals surface area contributed by atoms with E-state index in [1.807, 2.05) is 49.4 Å². The highest BCUT2D eigenvalue weighted by atomic mass is 32.1. The molecule has 0 saturated carbocycles. The van der Waals surface area contributed by atoms with Gasteiger partial charge in [0, 0.05) is 51.4 Å². The molecule has 2 N–H and O–H groups in total. The van der Waals surface area contributed by atoms with E-state index in [1.54, 1.807) is 21.0 Å². The Morgan fingerprint density at radius 2 is 2.14 bits per heavy atom. The highest BCUT2D eigenvalue weighted by Crippen LogP contribution is 2.36. The van der Waals surface area contributed by atoms with Gasteiger partial charge in [0.05, 0.1) is 28.0 Å². The Hall–Kier alpha value is -2.98. The summed E-state index contributed by atoms with van der Waals surface area (Å²) in [5.74, 6) is 0. The molecule has 5 rings (SSSR count). The lowest BCUT2D eigenvalue weighted by Gasteiger charge is -2.28. The minimum Gasteiger partial charge on any atom is -0.367 e. The molecule has 0 aromatic carbocycles. The lowest BCUT2D eigenvalue weighted by Crippen LogP contribution is -2.31. The fraction of sp³-hybridized carbons (Fsp3) is 0.333. The lowest BCUT2D eigenvalue weighted by molar-refractivity contribution is -0.00347. The van der Waals surface area contributed by atoms with E-state index >= 15 is 0 Å². The molecule has 1 unspecified atom stereocenters. The summed E-state index contributed by atoms with van der Waals surface area (Å²) in [6.07, 6.45) is 6.17. The zero-order valence-electron chi connectivity index (χ0n) is 15.6. The van der Waals surface area contributed by atoms with Crippen LogP contribution in [0.3, 0.4) is 0 Å². The first-order valence-electron chi connectivity index (χ1n) is 9.04. The van der Waals surface area contributed by atoms with Crippen LogP contribution in [0.2, 0.25) is 0 Å². The maximum Gasteiger partial charge on any atom is 0.184 e. The summed E-state index contributed by atoms with van der Waals surface area (Å²) >= 11 is 1.63. The number of H-pyrrole nitrogens is 1. The van der Waals surface area contributed by atoms with Gasteiger partial charge in [-0.25, -0.2) is 4.98 Å². The molecule has 0 saturated heterocycles. The van der Waals surface area contributed by atoms with Crippen LogP contribution in [0.5, 0.6) is 0 Å². The minimum absolute atomic E-state index is 0.588. The second kappa shape index (κ2) is 6.57. The van der Waals surface area contributed by atoms with Crippen molar-refractivity contribution in [1.29, 1.82) is 0 Å². The Balaban J connectivity index is 1.41. The van der Waals surface area contributed by atoms with Crippen LogP contribution in [0.25, 0.3) is 10.3 Å². The van der Waals surface area contributed by atoms with Gasteiger partial charge in [0.25, 0.3) is 0 Å². The molecule has 9 nitrogen and oxygen atoms in total. The van der Waals surface area contributed by atoms with E-state index in [1.165, 1.54) is 0 Å². The minimum atomic E-state index is -0.801. The first-order valence-corrected chi connectivity index (χ1v) is 9.85. The van der Waals surface area contributed by atoms with E-state index < -0.39 is 6.23 Å². The second-order valence-corrected chi connectivity index (χ2v) is 7.96. The number of aryl methyl sites for hydroxylation is 2. The Kier molecular flexibility index (Phi) is 4.02. The molecule has 0 spiro atoms. The topological polar surface area (TPSA) is 100 Å². The number of thiazole rings is 1. The smallest absolute Gasteiger partial charge is 0.184 e. The standard InChI is InChI=1S/C18H20N8OS/c1-24-7-4-11(23-24)5-8-26-18(27)15-13(10-20-26)16-17(25(15)2)21-14(28-16)9-12-3-6-19-22-12/h3-4,6-7,10,18,27H,5,8-9H2,1-2H3,(H,19,22). The summed E-state index contributed by atoms with van der Waals surface area (Å²) in [6.45, 7) is 0.588. The molecule has 1 aliphatic rings. The average molecular weight is 396 g/mol. The molecular weight excluding hydrogens is 376 g/mol. The zero-order valence-corrected chi connectivity index (χ0v) is 16.4. The van der Waals surface area contributed by atoms with Gasteiger partial charge in [0.2, 0.25) is 0 Å². The Morgan fingerprint density at radius 1 is 1.25 bits per heavy atom. The third-order valence-corrected chi connectivity index (χ3v) is 6.05.